The third-order valence-corrected chi connectivity index (χ3v) is 9.20. The van der Waals surface area contributed by atoms with Crippen LogP contribution in [0.25, 0.3) is 0 Å². The summed E-state index contributed by atoms with van der Waals surface area (Å²) in [5.74, 6) is -1.44. The molecule has 0 saturated heterocycles. The first-order valence-corrected chi connectivity index (χ1v) is 19.4. The van der Waals surface area contributed by atoms with Crippen LogP contribution >= 0.6 is 0 Å². The van der Waals surface area contributed by atoms with Crippen LogP contribution in [0, 0.1) is 0 Å². The van der Waals surface area contributed by atoms with Gasteiger partial charge in [0, 0.05) is 0 Å². The predicted molar refractivity (Wildman–Crippen MR) is 176 cm³/mol. The Labute approximate surface area is 260 Å². The largest absolute Gasteiger partial charge is 0.391 e. The molecule has 0 aromatic heterocycles. The van der Waals surface area contributed by atoms with Crippen LogP contribution in [-0.4, -0.2) is 53.1 Å². The third kappa shape index (κ3) is 28.1. The van der Waals surface area contributed by atoms with E-state index in [1.54, 1.807) is 0 Å². The Kier molecular flexibility index (Phi) is 28.6. The molecule has 7 nitrogen and oxygen atoms in total. The Morgan fingerprint density at radius 1 is 0.548 bits per heavy atom. The van der Waals surface area contributed by atoms with Crippen molar-refractivity contribution in [2.45, 2.75) is 205 Å². The number of hydrogen-bond acceptors (Lipinski definition) is 5. The zero-order chi connectivity index (χ0) is 31.3. The third-order valence-electron chi connectivity index (χ3n) is 8.42. The summed E-state index contributed by atoms with van der Waals surface area (Å²) in [4.78, 5) is 12.5. The molecule has 8 heteroatoms. The molecule has 1 amide bonds. The van der Waals surface area contributed by atoms with Gasteiger partial charge in [0.05, 0.1) is 17.9 Å². The summed E-state index contributed by atoms with van der Waals surface area (Å²) >= 11 is 0. The Morgan fingerprint density at radius 2 is 0.857 bits per heavy atom. The Balaban J connectivity index is 4.04. The maximum atomic E-state index is 12.5. The van der Waals surface area contributed by atoms with E-state index in [-0.39, 0.29) is 0 Å². The van der Waals surface area contributed by atoms with E-state index >= 15 is 0 Å². The zero-order valence-corrected chi connectivity index (χ0v) is 28.3. The summed E-state index contributed by atoms with van der Waals surface area (Å²) in [5, 5.41) is 23.4. The molecule has 0 aliphatic heterocycles. The second kappa shape index (κ2) is 29.0. The van der Waals surface area contributed by atoms with Gasteiger partial charge in [-0.3, -0.25) is 9.35 Å². The highest BCUT2D eigenvalue weighted by molar-refractivity contribution is 7.85. The van der Waals surface area contributed by atoms with E-state index in [4.69, 9.17) is 0 Å². The lowest BCUT2D eigenvalue weighted by molar-refractivity contribution is -0.131. The molecular formula is C34H69NO6S. The first-order chi connectivity index (χ1) is 20.2. The second-order valence-electron chi connectivity index (χ2n) is 12.7. The number of nitrogens with one attached hydrogen (secondary N) is 1. The van der Waals surface area contributed by atoms with Crippen LogP contribution in [0.4, 0.5) is 0 Å². The number of carbonyl (C=O) groups is 1. The summed E-state index contributed by atoms with van der Waals surface area (Å²) in [5.41, 5.74) is 0. The molecule has 0 fully saturated rings. The monoisotopic (exact) mass is 619 g/mol. The van der Waals surface area contributed by atoms with Crippen molar-refractivity contribution in [2.75, 3.05) is 5.75 Å². The van der Waals surface area contributed by atoms with Crippen molar-refractivity contribution in [2.24, 2.45) is 0 Å². The minimum atomic E-state index is -4.39. The van der Waals surface area contributed by atoms with Crippen molar-refractivity contribution in [1.29, 1.82) is 0 Å². The van der Waals surface area contributed by atoms with E-state index in [1.165, 1.54) is 116 Å². The van der Waals surface area contributed by atoms with E-state index in [0.29, 0.717) is 12.8 Å². The van der Waals surface area contributed by atoms with Crippen molar-refractivity contribution < 1.29 is 28.0 Å². The number of carbonyl (C=O) groups excluding carboxylic acids is 1. The lowest BCUT2D eigenvalue weighted by atomic mass is 10.0. The molecule has 0 aliphatic rings. The van der Waals surface area contributed by atoms with Crippen LogP contribution in [0.5, 0.6) is 0 Å². The van der Waals surface area contributed by atoms with Crippen molar-refractivity contribution in [3.63, 3.8) is 0 Å². The van der Waals surface area contributed by atoms with Gasteiger partial charge in [0.15, 0.2) is 0 Å². The fourth-order valence-electron chi connectivity index (χ4n) is 5.64. The molecule has 0 aromatic carbocycles. The summed E-state index contributed by atoms with van der Waals surface area (Å²) in [7, 11) is -4.39. The van der Waals surface area contributed by atoms with Gasteiger partial charge in [-0.15, -0.1) is 0 Å². The number of aliphatic hydroxyl groups is 2. The van der Waals surface area contributed by atoms with Crippen LogP contribution < -0.4 is 5.32 Å². The highest BCUT2D eigenvalue weighted by atomic mass is 32.2. The van der Waals surface area contributed by atoms with Crippen molar-refractivity contribution in [3.05, 3.63) is 0 Å². The molecule has 0 rings (SSSR count). The molecule has 0 radical (unpaired) electrons. The zero-order valence-electron chi connectivity index (χ0n) is 27.5. The van der Waals surface area contributed by atoms with Crippen LogP contribution in [-0.2, 0) is 14.9 Å². The van der Waals surface area contributed by atoms with Gasteiger partial charge in [-0.1, -0.05) is 174 Å². The summed E-state index contributed by atoms with van der Waals surface area (Å²) in [6.07, 6.45) is 28.3. The summed E-state index contributed by atoms with van der Waals surface area (Å²) in [6, 6.07) is -1.14. The van der Waals surface area contributed by atoms with Crippen LogP contribution in [0.1, 0.15) is 187 Å². The van der Waals surface area contributed by atoms with Gasteiger partial charge >= 0.3 is 0 Å². The maximum Gasteiger partial charge on any atom is 0.266 e. The normalized spacial score (nSPS) is 14.1. The SMILES string of the molecule is CCCCCCCCCCCCCCCCC(O)C(=O)NC(CS(=O)(=O)O)C(O)CCCCCCCCCCCCC. The van der Waals surface area contributed by atoms with E-state index in [2.05, 4.69) is 19.2 Å². The molecule has 42 heavy (non-hydrogen) atoms. The van der Waals surface area contributed by atoms with Gasteiger partial charge in [0.2, 0.25) is 5.91 Å². The molecule has 3 unspecified atom stereocenters. The molecule has 0 spiro atoms. The van der Waals surface area contributed by atoms with E-state index in [9.17, 15) is 28.0 Å². The molecule has 4 N–H and O–H groups in total. The lowest BCUT2D eigenvalue weighted by Crippen LogP contribution is -2.50. The van der Waals surface area contributed by atoms with Gasteiger partial charge < -0.3 is 15.5 Å². The van der Waals surface area contributed by atoms with Crippen molar-refractivity contribution in [3.8, 4) is 0 Å². The Hall–Kier alpha value is -0.700. The number of rotatable bonds is 32. The van der Waals surface area contributed by atoms with Crippen LogP contribution in [0.2, 0.25) is 0 Å². The number of hydrogen-bond donors (Lipinski definition) is 4. The first-order valence-electron chi connectivity index (χ1n) is 17.8. The van der Waals surface area contributed by atoms with Crippen molar-refractivity contribution >= 4 is 16.0 Å². The minimum Gasteiger partial charge on any atom is -0.391 e. The molecule has 0 saturated carbocycles. The highest BCUT2D eigenvalue weighted by Crippen LogP contribution is 2.16. The Bertz CT molecular complexity index is 702. The second-order valence-corrected chi connectivity index (χ2v) is 14.2. The lowest BCUT2D eigenvalue weighted by Gasteiger charge is -2.24. The van der Waals surface area contributed by atoms with Crippen LogP contribution in [0.3, 0.4) is 0 Å². The number of unbranched alkanes of at least 4 members (excludes halogenated alkanes) is 23. The molecule has 0 heterocycles. The highest BCUT2D eigenvalue weighted by Gasteiger charge is 2.28. The summed E-state index contributed by atoms with van der Waals surface area (Å²) in [6.45, 7) is 4.47. The standard InChI is InChI=1S/C34H69NO6S/c1-3-5-7-9-11-13-15-16-17-19-21-23-25-27-29-33(37)34(38)35-31(30-42(39,40)41)32(36)28-26-24-22-20-18-14-12-10-8-6-4-2/h31-33,36-37H,3-30H2,1-2H3,(H,35,38)(H,39,40,41). The first kappa shape index (κ1) is 41.3. The molecular weight excluding hydrogens is 550 g/mol. The van der Waals surface area contributed by atoms with E-state index in [1.807, 2.05) is 0 Å². The molecule has 0 aliphatic carbocycles. The minimum absolute atomic E-state index is 0.303. The molecule has 0 aromatic rings. The van der Waals surface area contributed by atoms with Gasteiger partial charge in [-0.25, -0.2) is 0 Å². The predicted octanol–water partition coefficient (Wildman–Crippen LogP) is 8.65. The van der Waals surface area contributed by atoms with Gasteiger partial charge in [0.1, 0.15) is 6.10 Å². The van der Waals surface area contributed by atoms with Crippen molar-refractivity contribution in [1.82, 2.24) is 5.32 Å². The van der Waals surface area contributed by atoms with Gasteiger partial charge in [-0.05, 0) is 12.8 Å². The van der Waals surface area contributed by atoms with E-state index in [0.717, 1.165) is 44.9 Å². The Morgan fingerprint density at radius 3 is 1.19 bits per heavy atom. The van der Waals surface area contributed by atoms with Gasteiger partial charge in [0.25, 0.3) is 10.1 Å². The van der Waals surface area contributed by atoms with Gasteiger partial charge in [-0.2, -0.15) is 8.42 Å². The summed E-state index contributed by atoms with van der Waals surface area (Å²) < 4.78 is 32.4. The van der Waals surface area contributed by atoms with Crippen LogP contribution in [0.15, 0.2) is 0 Å². The van der Waals surface area contributed by atoms with E-state index < -0.39 is 40.0 Å². The fourth-order valence-corrected chi connectivity index (χ4v) is 6.40. The smallest absolute Gasteiger partial charge is 0.266 e. The number of amides is 1. The average molecular weight is 620 g/mol. The molecule has 3 atom stereocenters. The fraction of sp³-hybridized carbons (Fsp3) is 0.971. The molecule has 0 bridgehead atoms. The molecule has 252 valence electrons. The average Bonchev–Trinajstić information content (AvgIpc) is 2.94. The number of aliphatic hydroxyl groups excluding tert-OH is 2. The topological polar surface area (TPSA) is 124 Å². The quantitative estimate of drug-likeness (QED) is 0.0441. The maximum absolute atomic E-state index is 12.5.